The Bertz CT molecular complexity index is 907. The minimum atomic E-state index is -1.02. The molecule has 0 aromatic heterocycles. The van der Waals surface area contributed by atoms with Crippen LogP contribution in [0.5, 0.6) is 0 Å². The molecule has 28 heavy (non-hydrogen) atoms. The summed E-state index contributed by atoms with van der Waals surface area (Å²) in [5.74, 6) is -2.30. The Morgan fingerprint density at radius 1 is 1.11 bits per heavy atom. The Balaban J connectivity index is 1.67. The van der Waals surface area contributed by atoms with Crippen LogP contribution < -0.4 is 10.2 Å². The Kier molecular flexibility index (Phi) is 5.42. The molecule has 6 nitrogen and oxygen atoms in total. The first-order valence-corrected chi connectivity index (χ1v) is 9.29. The van der Waals surface area contributed by atoms with Gasteiger partial charge in [-0.05, 0) is 62.2 Å². The minimum Gasteiger partial charge on any atom is -0.481 e. The van der Waals surface area contributed by atoms with Gasteiger partial charge >= 0.3 is 5.97 Å². The molecule has 0 spiro atoms. The molecule has 1 aliphatic rings. The standard InChI is InChI=1S/C21H21ClN2O4/c1-21(2,20(27)28)13-3-7-15(8-4-13)23-18(25)17-11-12-24(19(17)26)16-9-5-14(22)6-10-16/h3-10,17H,11-12H2,1-2H3,(H,23,25)(H,27,28). The molecule has 2 aromatic carbocycles. The van der Waals surface area contributed by atoms with Gasteiger partial charge in [-0.2, -0.15) is 0 Å². The predicted molar refractivity (Wildman–Crippen MR) is 108 cm³/mol. The summed E-state index contributed by atoms with van der Waals surface area (Å²) >= 11 is 5.88. The van der Waals surface area contributed by atoms with Gasteiger partial charge in [0.05, 0.1) is 5.41 Å². The number of benzene rings is 2. The third-order valence-corrected chi connectivity index (χ3v) is 5.32. The lowest BCUT2D eigenvalue weighted by atomic mass is 9.85. The Hall–Kier alpha value is -2.86. The van der Waals surface area contributed by atoms with Gasteiger partial charge in [0, 0.05) is 22.9 Å². The van der Waals surface area contributed by atoms with Crippen molar-refractivity contribution < 1.29 is 19.5 Å². The molecule has 146 valence electrons. The molecule has 1 unspecified atom stereocenters. The van der Waals surface area contributed by atoms with Crippen LogP contribution in [0.15, 0.2) is 48.5 Å². The highest BCUT2D eigenvalue weighted by atomic mass is 35.5. The highest BCUT2D eigenvalue weighted by Gasteiger charge is 2.37. The maximum atomic E-state index is 12.6. The van der Waals surface area contributed by atoms with Gasteiger partial charge in [0.1, 0.15) is 5.92 Å². The van der Waals surface area contributed by atoms with Crippen molar-refractivity contribution in [1.29, 1.82) is 0 Å². The molecule has 0 saturated carbocycles. The highest BCUT2D eigenvalue weighted by molar-refractivity contribution is 6.30. The Morgan fingerprint density at radius 3 is 2.29 bits per heavy atom. The zero-order valence-electron chi connectivity index (χ0n) is 15.6. The smallest absolute Gasteiger partial charge is 0.313 e. The molecule has 0 aliphatic carbocycles. The van der Waals surface area contributed by atoms with Crippen molar-refractivity contribution in [2.75, 3.05) is 16.8 Å². The van der Waals surface area contributed by atoms with Gasteiger partial charge in [-0.25, -0.2) is 0 Å². The molecule has 0 radical (unpaired) electrons. The summed E-state index contributed by atoms with van der Waals surface area (Å²) in [5.41, 5.74) is 0.838. The molecule has 2 N–H and O–H groups in total. The largest absolute Gasteiger partial charge is 0.481 e. The molecule has 2 aromatic rings. The van der Waals surface area contributed by atoms with Gasteiger partial charge in [0.2, 0.25) is 11.8 Å². The van der Waals surface area contributed by atoms with E-state index in [1.54, 1.807) is 67.3 Å². The number of carbonyl (C=O) groups is 3. The lowest BCUT2D eigenvalue weighted by molar-refractivity contribution is -0.142. The normalized spacial score (nSPS) is 16.9. The zero-order chi connectivity index (χ0) is 20.5. The summed E-state index contributed by atoms with van der Waals surface area (Å²) in [5, 5.41) is 12.6. The number of nitrogens with zero attached hydrogens (tertiary/aromatic N) is 1. The van der Waals surface area contributed by atoms with E-state index in [1.807, 2.05) is 0 Å². The fourth-order valence-corrected chi connectivity index (χ4v) is 3.25. The molecule has 1 atom stereocenters. The van der Waals surface area contributed by atoms with E-state index in [-0.39, 0.29) is 11.8 Å². The molecule has 1 aliphatic heterocycles. The number of carbonyl (C=O) groups excluding carboxylic acids is 2. The first kappa shape index (κ1) is 19.9. The number of carboxylic acid groups (broad SMARTS) is 1. The second-order valence-corrected chi connectivity index (χ2v) is 7.74. The number of aliphatic carboxylic acids is 1. The van der Waals surface area contributed by atoms with Crippen molar-refractivity contribution in [3.63, 3.8) is 0 Å². The average Bonchev–Trinajstić information content (AvgIpc) is 3.04. The molecule has 1 heterocycles. The Labute approximate surface area is 168 Å². The summed E-state index contributed by atoms with van der Waals surface area (Å²) in [7, 11) is 0. The SMILES string of the molecule is CC(C)(C(=O)O)c1ccc(NC(=O)C2CCN(c3ccc(Cl)cc3)C2=O)cc1. The van der Waals surface area contributed by atoms with Gasteiger partial charge in [0.15, 0.2) is 0 Å². The predicted octanol–water partition coefficient (Wildman–Crippen LogP) is 3.69. The van der Waals surface area contributed by atoms with E-state index in [9.17, 15) is 19.5 Å². The van der Waals surface area contributed by atoms with Gasteiger partial charge < -0.3 is 15.3 Å². The fourth-order valence-electron chi connectivity index (χ4n) is 3.12. The lowest BCUT2D eigenvalue weighted by Gasteiger charge is -2.20. The number of rotatable bonds is 5. The zero-order valence-corrected chi connectivity index (χ0v) is 16.4. The number of amides is 2. The molecular weight excluding hydrogens is 380 g/mol. The van der Waals surface area contributed by atoms with Gasteiger partial charge in [-0.1, -0.05) is 23.7 Å². The lowest BCUT2D eigenvalue weighted by Crippen LogP contribution is -2.33. The van der Waals surface area contributed by atoms with Crippen molar-refractivity contribution in [2.24, 2.45) is 5.92 Å². The molecule has 0 bridgehead atoms. The van der Waals surface area contributed by atoms with Crippen LogP contribution in [0.25, 0.3) is 0 Å². The van der Waals surface area contributed by atoms with Crippen molar-refractivity contribution >= 4 is 40.8 Å². The van der Waals surface area contributed by atoms with E-state index < -0.39 is 17.3 Å². The first-order valence-electron chi connectivity index (χ1n) is 8.92. The van der Waals surface area contributed by atoms with Gasteiger partial charge in [0.25, 0.3) is 0 Å². The van der Waals surface area contributed by atoms with Crippen LogP contribution in [0.3, 0.4) is 0 Å². The highest BCUT2D eigenvalue weighted by Crippen LogP contribution is 2.28. The van der Waals surface area contributed by atoms with Crippen LogP contribution in [0.4, 0.5) is 11.4 Å². The van der Waals surface area contributed by atoms with Gasteiger partial charge in [-0.15, -0.1) is 0 Å². The molecular formula is C21H21ClN2O4. The Morgan fingerprint density at radius 2 is 1.71 bits per heavy atom. The number of hydrogen-bond donors (Lipinski definition) is 2. The average molecular weight is 401 g/mol. The summed E-state index contributed by atoms with van der Waals surface area (Å²) in [6.45, 7) is 3.70. The van der Waals surface area contributed by atoms with E-state index in [2.05, 4.69) is 5.32 Å². The number of carboxylic acids is 1. The molecule has 2 amide bonds. The fraction of sp³-hybridized carbons (Fsp3) is 0.286. The van der Waals surface area contributed by atoms with Crippen LogP contribution in [-0.4, -0.2) is 29.4 Å². The second-order valence-electron chi connectivity index (χ2n) is 7.30. The number of hydrogen-bond acceptors (Lipinski definition) is 3. The quantitative estimate of drug-likeness (QED) is 0.749. The monoisotopic (exact) mass is 400 g/mol. The summed E-state index contributed by atoms with van der Waals surface area (Å²) in [4.78, 5) is 38.1. The summed E-state index contributed by atoms with van der Waals surface area (Å²) < 4.78 is 0. The van der Waals surface area contributed by atoms with Crippen molar-refractivity contribution in [1.82, 2.24) is 0 Å². The maximum absolute atomic E-state index is 12.6. The maximum Gasteiger partial charge on any atom is 0.313 e. The van der Waals surface area contributed by atoms with Gasteiger partial charge in [-0.3, -0.25) is 14.4 Å². The number of halogens is 1. The second kappa shape index (κ2) is 7.64. The summed E-state index contributed by atoms with van der Waals surface area (Å²) in [6.07, 6.45) is 0.428. The van der Waals surface area contributed by atoms with Crippen LogP contribution in [0.1, 0.15) is 25.8 Å². The van der Waals surface area contributed by atoms with E-state index in [0.29, 0.717) is 34.9 Å². The molecule has 1 fully saturated rings. The molecule has 1 saturated heterocycles. The van der Waals surface area contributed by atoms with Crippen LogP contribution >= 0.6 is 11.6 Å². The summed E-state index contributed by atoms with van der Waals surface area (Å²) in [6, 6.07) is 13.5. The van der Waals surface area contributed by atoms with Crippen molar-refractivity contribution in [3.05, 3.63) is 59.1 Å². The van der Waals surface area contributed by atoms with Crippen LogP contribution in [0, 0.1) is 5.92 Å². The van der Waals surface area contributed by atoms with E-state index >= 15 is 0 Å². The minimum absolute atomic E-state index is 0.247. The molecule has 3 rings (SSSR count). The van der Waals surface area contributed by atoms with E-state index in [1.165, 1.54) is 0 Å². The van der Waals surface area contributed by atoms with Crippen molar-refractivity contribution in [2.45, 2.75) is 25.7 Å². The van der Waals surface area contributed by atoms with Crippen LogP contribution in [-0.2, 0) is 19.8 Å². The molecule has 7 heteroatoms. The third-order valence-electron chi connectivity index (χ3n) is 5.07. The number of anilines is 2. The topological polar surface area (TPSA) is 86.7 Å². The number of nitrogens with one attached hydrogen (secondary N) is 1. The van der Waals surface area contributed by atoms with E-state index in [4.69, 9.17) is 11.6 Å². The third kappa shape index (κ3) is 3.87. The van der Waals surface area contributed by atoms with E-state index in [0.717, 1.165) is 0 Å². The van der Waals surface area contributed by atoms with Crippen molar-refractivity contribution in [3.8, 4) is 0 Å². The van der Waals surface area contributed by atoms with Crippen LogP contribution in [0.2, 0.25) is 5.02 Å². The first-order chi connectivity index (χ1) is 13.2.